The Hall–Kier alpha value is -2.83. The fourth-order valence-electron chi connectivity index (χ4n) is 2.61. The Morgan fingerprint density at radius 2 is 1.92 bits per heavy atom. The lowest BCUT2D eigenvalue weighted by molar-refractivity contribution is -0.136. The molecule has 24 heavy (non-hydrogen) atoms. The molecule has 0 aliphatic heterocycles. The van der Waals surface area contributed by atoms with E-state index in [4.69, 9.17) is 4.74 Å². The molecule has 0 fully saturated rings. The summed E-state index contributed by atoms with van der Waals surface area (Å²) in [5.74, 6) is 0.501. The van der Waals surface area contributed by atoms with Gasteiger partial charge in [0.1, 0.15) is 11.4 Å². The van der Waals surface area contributed by atoms with Gasteiger partial charge >= 0.3 is 6.18 Å². The van der Waals surface area contributed by atoms with Crippen LogP contribution < -0.4 is 10.3 Å². The van der Waals surface area contributed by atoms with Crippen LogP contribution in [0.2, 0.25) is 0 Å². The monoisotopic (exact) mass is 334 g/mol. The minimum absolute atomic E-state index is 0.0901. The third-order valence-electron chi connectivity index (χ3n) is 3.67. The standard InChI is InChI=1S/C17H13F3N2O2/c1-9-6-14(23)22-16-15(9)12(17(18,19)20)8-13(21-16)10-4-3-5-11(7-10)24-2/h3-8H,1-2H3,(H,21,22,23). The Labute approximate surface area is 134 Å². The van der Waals surface area contributed by atoms with Gasteiger partial charge in [-0.05, 0) is 30.7 Å². The molecule has 0 atom stereocenters. The van der Waals surface area contributed by atoms with Crippen LogP contribution in [0.15, 0.2) is 41.2 Å². The first-order valence-corrected chi connectivity index (χ1v) is 7.06. The smallest absolute Gasteiger partial charge is 0.417 e. The highest BCUT2D eigenvalue weighted by atomic mass is 19.4. The largest absolute Gasteiger partial charge is 0.497 e. The molecule has 4 nitrogen and oxygen atoms in total. The van der Waals surface area contributed by atoms with Crippen molar-refractivity contribution in [2.75, 3.05) is 7.11 Å². The topological polar surface area (TPSA) is 55.0 Å². The van der Waals surface area contributed by atoms with E-state index in [1.54, 1.807) is 24.3 Å². The number of rotatable bonds is 2. The lowest BCUT2D eigenvalue weighted by Gasteiger charge is -2.14. The normalized spacial score (nSPS) is 11.7. The van der Waals surface area contributed by atoms with Crippen LogP contribution in [-0.2, 0) is 6.18 Å². The second-order valence-corrected chi connectivity index (χ2v) is 5.32. The number of pyridine rings is 2. The van der Waals surface area contributed by atoms with E-state index in [0.29, 0.717) is 11.3 Å². The minimum Gasteiger partial charge on any atom is -0.497 e. The van der Waals surface area contributed by atoms with Crippen LogP contribution in [0.4, 0.5) is 13.2 Å². The molecule has 0 bridgehead atoms. The molecular weight excluding hydrogens is 321 g/mol. The van der Waals surface area contributed by atoms with Gasteiger partial charge in [-0.1, -0.05) is 12.1 Å². The zero-order valence-electron chi connectivity index (χ0n) is 12.9. The van der Waals surface area contributed by atoms with Crippen molar-refractivity contribution in [3.05, 3.63) is 57.9 Å². The molecule has 2 heterocycles. The van der Waals surface area contributed by atoms with Crippen LogP contribution in [0.25, 0.3) is 22.3 Å². The molecule has 3 aromatic rings. The summed E-state index contributed by atoms with van der Waals surface area (Å²) in [5, 5.41) is -0.103. The first-order chi connectivity index (χ1) is 11.3. The Morgan fingerprint density at radius 3 is 2.58 bits per heavy atom. The summed E-state index contributed by atoms with van der Waals surface area (Å²) in [4.78, 5) is 18.2. The van der Waals surface area contributed by atoms with Crippen LogP contribution in [0.1, 0.15) is 11.1 Å². The van der Waals surface area contributed by atoms with Crippen LogP contribution >= 0.6 is 0 Å². The highest BCUT2D eigenvalue weighted by Gasteiger charge is 2.34. The number of nitrogens with zero attached hydrogens (tertiary/aromatic N) is 1. The molecule has 0 unspecified atom stereocenters. The van der Waals surface area contributed by atoms with E-state index >= 15 is 0 Å². The van der Waals surface area contributed by atoms with Crippen molar-refractivity contribution >= 4 is 11.0 Å². The van der Waals surface area contributed by atoms with Crippen LogP contribution in [0.5, 0.6) is 5.75 Å². The molecule has 0 aliphatic rings. The van der Waals surface area contributed by atoms with Gasteiger partial charge in [0.25, 0.3) is 0 Å². The minimum atomic E-state index is -4.57. The summed E-state index contributed by atoms with van der Waals surface area (Å²) in [7, 11) is 1.47. The molecule has 0 spiro atoms. The number of hydrogen-bond acceptors (Lipinski definition) is 3. The van der Waals surface area contributed by atoms with Crippen molar-refractivity contribution in [2.45, 2.75) is 13.1 Å². The Kier molecular flexibility index (Phi) is 3.79. The van der Waals surface area contributed by atoms with Gasteiger partial charge in [-0.15, -0.1) is 0 Å². The van der Waals surface area contributed by atoms with Crippen molar-refractivity contribution in [1.29, 1.82) is 0 Å². The molecule has 1 N–H and O–H groups in total. The molecule has 1 aromatic carbocycles. The maximum Gasteiger partial charge on any atom is 0.417 e. The zero-order valence-corrected chi connectivity index (χ0v) is 12.9. The average Bonchev–Trinajstić information content (AvgIpc) is 2.52. The molecule has 3 rings (SSSR count). The summed E-state index contributed by atoms with van der Waals surface area (Å²) in [5.41, 5.74) is -0.625. The number of aromatic amines is 1. The third-order valence-corrected chi connectivity index (χ3v) is 3.67. The predicted molar refractivity (Wildman–Crippen MR) is 84.1 cm³/mol. The van der Waals surface area contributed by atoms with Crippen LogP contribution in [-0.4, -0.2) is 17.1 Å². The van der Waals surface area contributed by atoms with Gasteiger partial charge in [-0.2, -0.15) is 13.2 Å². The number of methoxy groups -OCH3 is 1. The predicted octanol–water partition coefficient (Wildman–Crippen LogP) is 3.93. The van der Waals surface area contributed by atoms with Gasteiger partial charge in [-0.3, -0.25) is 4.79 Å². The number of nitrogens with one attached hydrogen (secondary N) is 1. The lowest BCUT2D eigenvalue weighted by atomic mass is 10.0. The van der Waals surface area contributed by atoms with E-state index in [2.05, 4.69) is 9.97 Å². The lowest BCUT2D eigenvalue weighted by Crippen LogP contribution is -2.12. The SMILES string of the molecule is COc1cccc(-c2cc(C(F)(F)F)c3c(C)cc(=O)[nH]c3n2)c1. The van der Waals surface area contributed by atoms with Gasteiger partial charge in [0.05, 0.1) is 18.4 Å². The van der Waals surface area contributed by atoms with Gasteiger partial charge in [0.2, 0.25) is 5.56 Å². The van der Waals surface area contributed by atoms with Crippen molar-refractivity contribution in [3.63, 3.8) is 0 Å². The summed E-state index contributed by atoms with van der Waals surface area (Å²) < 4.78 is 45.6. The number of halogens is 3. The van der Waals surface area contributed by atoms with Crippen LogP contribution in [0, 0.1) is 6.92 Å². The summed E-state index contributed by atoms with van der Waals surface area (Å²) in [6.07, 6.45) is -4.57. The van der Waals surface area contributed by atoms with Gasteiger partial charge in [-0.25, -0.2) is 4.98 Å². The number of hydrogen-bond donors (Lipinski definition) is 1. The molecule has 124 valence electrons. The molecule has 0 amide bonds. The van der Waals surface area contributed by atoms with Crippen molar-refractivity contribution < 1.29 is 17.9 Å². The van der Waals surface area contributed by atoms with E-state index in [1.165, 1.54) is 14.0 Å². The summed E-state index contributed by atoms with van der Waals surface area (Å²) >= 11 is 0. The number of ether oxygens (including phenoxy) is 1. The quantitative estimate of drug-likeness (QED) is 0.773. The molecule has 7 heteroatoms. The Bertz CT molecular complexity index is 978. The Morgan fingerprint density at radius 1 is 1.17 bits per heavy atom. The van der Waals surface area contributed by atoms with Gasteiger partial charge in [0.15, 0.2) is 0 Å². The molecule has 0 radical (unpaired) electrons. The van der Waals surface area contributed by atoms with Gasteiger partial charge in [0, 0.05) is 17.0 Å². The molecule has 2 aromatic heterocycles. The van der Waals surface area contributed by atoms with E-state index in [9.17, 15) is 18.0 Å². The molecule has 0 saturated carbocycles. The number of H-pyrrole nitrogens is 1. The molecule has 0 aliphatic carbocycles. The molecule has 0 saturated heterocycles. The van der Waals surface area contributed by atoms with Crippen molar-refractivity contribution in [1.82, 2.24) is 9.97 Å². The third kappa shape index (κ3) is 2.84. The number of benzene rings is 1. The maximum atomic E-state index is 13.5. The fourth-order valence-corrected chi connectivity index (χ4v) is 2.61. The number of aromatic nitrogens is 2. The maximum absolute atomic E-state index is 13.5. The zero-order chi connectivity index (χ0) is 17.5. The van der Waals surface area contributed by atoms with E-state index in [-0.39, 0.29) is 22.3 Å². The first kappa shape index (κ1) is 16.0. The second kappa shape index (κ2) is 5.67. The number of fused-ring (bicyclic) bond motifs is 1. The summed E-state index contributed by atoms with van der Waals surface area (Å²) in [6, 6.07) is 8.67. The van der Waals surface area contributed by atoms with E-state index < -0.39 is 17.3 Å². The number of alkyl halides is 3. The van der Waals surface area contributed by atoms with Crippen molar-refractivity contribution in [3.8, 4) is 17.0 Å². The fraction of sp³-hybridized carbons (Fsp3) is 0.176. The second-order valence-electron chi connectivity index (χ2n) is 5.32. The van der Waals surface area contributed by atoms with Gasteiger partial charge < -0.3 is 9.72 Å². The average molecular weight is 334 g/mol. The number of aryl methyl sites for hydroxylation is 1. The highest BCUT2D eigenvalue weighted by molar-refractivity contribution is 5.85. The van der Waals surface area contributed by atoms with Crippen LogP contribution in [0.3, 0.4) is 0 Å². The summed E-state index contributed by atoms with van der Waals surface area (Å²) in [6.45, 7) is 1.46. The van der Waals surface area contributed by atoms with E-state index in [0.717, 1.165) is 12.1 Å². The highest BCUT2D eigenvalue weighted by Crippen LogP contribution is 2.37. The first-order valence-electron chi connectivity index (χ1n) is 7.06. The Balaban J connectivity index is 2.36. The van der Waals surface area contributed by atoms with Crippen molar-refractivity contribution in [2.24, 2.45) is 0 Å². The molecular formula is C17H13F3N2O2. The van der Waals surface area contributed by atoms with E-state index in [1.807, 2.05) is 0 Å².